The summed E-state index contributed by atoms with van der Waals surface area (Å²) in [7, 11) is -8.15. The molecule has 0 aliphatic heterocycles. The van der Waals surface area contributed by atoms with Crippen LogP contribution in [0.15, 0.2) is 92.1 Å². The van der Waals surface area contributed by atoms with Crippen molar-refractivity contribution >= 4 is 59.4 Å². The van der Waals surface area contributed by atoms with Crippen molar-refractivity contribution in [2.24, 2.45) is 20.5 Å². The third-order valence-electron chi connectivity index (χ3n) is 5.24. The first-order chi connectivity index (χ1) is 20.2. The van der Waals surface area contributed by atoms with Crippen LogP contribution in [0.3, 0.4) is 0 Å². The van der Waals surface area contributed by atoms with Crippen LogP contribution in [0, 0.1) is 13.8 Å². The summed E-state index contributed by atoms with van der Waals surface area (Å²) < 4.78 is 58.4. The molecule has 0 amide bonds. The topological polar surface area (TPSA) is 204 Å². The van der Waals surface area contributed by atoms with E-state index in [0.717, 1.165) is 5.56 Å². The average Bonchev–Trinajstić information content (AvgIpc) is 2.94. The van der Waals surface area contributed by atoms with Gasteiger partial charge in [0.15, 0.2) is 5.75 Å². The highest BCUT2D eigenvalue weighted by atomic mass is 32.2. The Kier molecular flexibility index (Phi) is 14.0. The number of hydrogen-bond acceptors (Lipinski definition) is 10. The second-order valence-corrected chi connectivity index (χ2v) is 11.2. The second-order valence-electron chi connectivity index (χ2n) is 8.35. The van der Waals surface area contributed by atoms with Gasteiger partial charge in [0.1, 0.15) is 22.0 Å². The minimum atomic E-state index is -4.48. The third kappa shape index (κ3) is 10.8. The number of nitrogens with two attached hydrogens (primary N) is 1. The molecule has 4 aromatic carbocycles. The molecule has 4 aromatic rings. The summed E-state index contributed by atoms with van der Waals surface area (Å²) in [5.41, 5.74) is 9.19. The SMILES string of the molecule is CC.CC.CS(=O)(=O)O.Cc1ccccc1N=Nc1c(C)cc2ccc(N=Nc3ccccc3S(=O)(=O)O)c(N)c2c1O. The summed E-state index contributed by atoms with van der Waals surface area (Å²) >= 11 is 0. The van der Waals surface area contributed by atoms with E-state index in [1.54, 1.807) is 25.1 Å². The molecule has 0 fully saturated rings. The van der Waals surface area contributed by atoms with Crippen LogP contribution in [-0.2, 0) is 20.2 Å². The van der Waals surface area contributed by atoms with E-state index in [9.17, 15) is 26.5 Å². The molecule has 0 spiro atoms. The fourth-order valence-corrected chi connectivity index (χ4v) is 4.10. The number of nitrogens with zero attached hydrogens (tertiary/aromatic N) is 4. The lowest BCUT2D eigenvalue weighted by Crippen LogP contribution is -1.97. The van der Waals surface area contributed by atoms with Crippen molar-refractivity contribution in [2.45, 2.75) is 46.4 Å². The van der Waals surface area contributed by atoms with Gasteiger partial charge in [-0.2, -0.15) is 21.9 Å². The number of aryl methyl sites for hydroxylation is 2. The Morgan fingerprint density at radius 3 is 1.72 bits per heavy atom. The molecule has 0 atom stereocenters. The van der Waals surface area contributed by atoms with Crippen LogP contribution in [0.1, 0.15) is 38.8 Å². The molecule has 14 heteroatoms. The highest BCUT2D eigenvalue weighted by molar-refractivity contribution is 7.86. The number of nitrogen functional groups attached to an aromatic ring is 1. The van der Waals surface area contributed by atoms with Gasteiger partial charge >= 0.3 is 0 Å². The lowest BCUT2D eigenvalue weighted by atomic mass is 10.0. The van der Waals surface area contributed by atoms with Gasteiger partial charge in [-0.15, -0.1) is 15.3 Å². The average molecular weight is 632 g/mol. The Morgan fingerprint density at radius 2 is 1.16 bits per heavy atom. The van der Waals surface area contributed by atoms with Gasteiger partial charge in [0.2, 0.25) is 0 Å². The van der Waals surface area contributed by atoms with E-state index in [4.69, 9.17) is 10.3 Å². The lowest BCUT2D eigenvalue weighted by Gasteiger charge is -2.11. The van der Waals surface area contributed by atoms with E-state index in [2.05, 4.69) is 20.5 Å². The quantitative estimate of drug-likeness (QED) is 0.0953. The van der Waals surface area contributed by atoms with Crippen molar-refractivity contribution in [1.82, 2.24) is 0 Å². The van der Waals surface area contributed by atoms with Crippen LogP contribution in [0.4, 0.5) is 28.4 Å². The summed E-state index contributed by atoms with van der Waals surface area (Å²) in [5, 5.41) is 28.5. The van der Waals surface area contributed by atoms with E-state index < -0.39 is 20.2 Å². The van der Waals surface area contributed by atoms with E-state index >= 15 is 0 Å². The van der Waals surface area contributed by atoms with Gasteiger partial charge < -0.3 is 10.8 Å². The van der Waals surface area contributed by atoms with Crippen molar-refractivity contribution in [1.29, 1.82) is 0 Å². The van der Waals surface area contributed by atoms with Gasteiger partial charge in [-0.25, -0.2) is 0 Å². The van der Waals surface area contributed by atoms with Crippen LogP contribution < -0.4 is 5.73 Å². The molecule has 0 heterocycles. The molecule has 0 aromatic heterocycles. The molecule has 4 rings (SSSR count). The van der Waals surface area contributed by atoms with Gasteiger partial charge in [-0.3, -0.25) is 9.11 Å². The number of anilines is 1. The molecule has 0 saturated carbocycles. The molecule has 232 valence electrons. The Labute approximate surface area is 252 Å². The zero-order chi connectivity index (χ0) is 33.0. The van der Waals surface area contributed by atoms with Crippen LogP contribution in [-0.4, -0.2) is 37.3 Å². The molecule has 0 unspecified atom stereocenters. The summed E-state index contributed by atoms with van der Waals surface area (Å²) in [5.74, 6) is -0.153. The molecule has 5 N–H and O–H groups in total. The van der Waals surface area contributed by atoms with Crippen molar-refractivity contribution in [3.8, 4) is 5.75 Å². The van der Waals surface area contributed by atoms with E-state index in [0.29, 0.717) is 28.3 Å². The lowest BCUT2D eigenvalue weighted by molar-refractivity contribution is 0.482. The smallest absolute Gasteiger partial charge is 0.296 e. The Morgan fingerprint density at radius 1 is 0.674 bits per heavy atom. The van der Waals surface area contributed by atoms with Gasteiger partial charge in [0, 0.05) is 0 Å². The predicted molar refractivity (Wildman–Crippen MR) is 171 cm³/mol. The molecular formula is C29H37N5O7S2. The van der Waals surface area contributed by atoms with Gasteiger partial charge in [-0.1, -0.05) is 64.1 Å². The molecular weight excluding hydrogens is 594 g/mol. The highest BCUT2D eigenvalue weighted by Crippen LogP contribution is 2.44. The standard InChI is InChI=1S/C24H21N5O4S.2C2H6.CH4O3S/c1-14-7-3-4-8-17(14)26-29-23-15(2)13-16-11-12-19(22(25)21(16)24(23)30)28-27-18-9-5-6-10-20(18)34(31,32)33;2*1-2;1-5(2,3)4/h3-13,30H,25H2,1-2H3,(H,31,32,33);2*1-2H3;1H3,(H,2,3,4). The zero-order valence-electron chi connectivity index (χ0n) is 25.0. The Bertz CT molecular complexity index is 1810. The number of phenolic OH excluding ortho intramolecular Hbond substituents is 1. The normalized spacial score (nSPS) is 11.3. The number of benzene rings is 4. The number of aromatic hydroxyl groups is 1. The minimum Gasteiger partial charge on any atom is -0.505 e. The molecule has 12 nitrogen and oxygen atoms in total. The molecule has 0 aliphatic carbocycles. The van der Waals surface area contributed by atoms with Gasteiger partial charge in [-0.05, 0) is 60.7 Å². The zero-order valence-corrected chi connectivity index (χ0v) is 26.6. The summed E-state index contributed by atoms with van der Waals surface area (Å²) in [6.07, 6.45) is 0.715. The van der Waals surface area contributed by atoms with Crippen molar-refractivity contribution in [3.63, 3.8) is 0 Å². The monoisotopic (exact) mass is 631 g/mol. The molecule has 43 heavy (non-hydrogen) atoms. The Hall–Kier alpha value is -4.24. The Balaban J connectivity index is 0.000000917. The van der Waals surface area contributed by atoms with Crippen LogP contribution in [0.5, 0.6) is 5.75 Å². The number of hydrogen-bond donors (Lipinski definition) is 4. The summed E-state index contributed by atoms with van der Waals surface area (Å²) in [6, 6.07) is 18.3. The second kappa shape index (κ2) is 16.4. The molecule has 0 bridgehead atoms. The van der Waals surface area contributed by atoms with E-state index in [1.807, 2.05) is 65.0 Å². The number of rotatable bonds is 5. The number of azo groups is 2. The van der Waals surface area contributed by atoms with Gasteiger partial charge in [0.25, 0.3) is 20.2 Å². The fraction of sp³-hybridized carbons (Fsp3) is 0.241. The maximum Gasteiger partial charge on any atom is 0.296 e. The van der Waals surface area contributed by atoms with Crippen LogP contribution >= 0.6 is 0 Å². The molecule has 0 aliphatic rings. The first-order valence-corrected chi connectivity index (χ1v) is 16.4. The van der Waals surface area contributed by atoms with Crippen LogP contribution in [0.25, 0.3) is 10.8 Å². The van der Waals surface area contributed by atoms with Crippen molar-refractivity contribution in [2.75, 3.05) is 12.0 Å². The van der Waals surface area contributed by atoms with E-state index in [1.165, 1.54) is 18.2 Å². The number of fused-ring (bicyclic) bond motifs is 1. The summed E-state index contributed by atoms with van der Waals surface area (Å²) in [6.45, 7) is 11.7. The fourth-order valence-electron chi connectivity index (χ4n) is 3.48. The molecule has 0 radical (unpaired) electrons. The van der Waals surface area contributed by atoms with Crippen molar-refractivity contribution < 1.29 is 31.0 Å². The van der Waals surface area contributed by atoms with Crippen LogP contribution in [0.2, 0.25) is 0 Å². The maximum absolute atomic E-state index is 11.6. The van der Waals surface area contributed by atoms with Gasteiger partial charge in [0.05, 0.1) is 23.0 Å². The molecule has 0 saturated heterocycles. The highest BCUT2D eigenvalue weighted by Gasteiger charge is 2.17. The largest absolute Gasteiger partial charge is 0.505 e. The minimum absolute atomic E-state index is 0.0506. The van der Waals surface area contributed by atoms with E-state index in [-0.39, 0.29) is 33.4 Å². The van der Waals surface area contributed by atoms with Crippen molar-refractivity contribution in [3.05, 3.63) is 77.9 Å². The predicted octanol–water partition coefficient (Wildman–Crippen LogP) is 8.38. The first-order valence-electron chi connectivity index (χ1n) is 13.1. The summed E-state index contributed by atoms with van der Waals surface area (Å²) in [4.78, 5) is -0.379. The first kappa shape index (κ1) is 36.8. The number of phenols is 1. The third-order valence-corrected chi connectivity index (χ3v) is 6.14. The maximum atomic E-state index is 11.6.